The lowest BCUT2D eigenvalue weighted by Crippen LogP contribution is -2.28. The second kappa shape index (κ2) is 9.19. The number of thiol groups is 1. The minimum Gasteiger partial charge on any atom is -0.351 e. The van der Waals surface area contributed by atoms with E-state index in [1.165, 1.54) is 36.4 Å². The predicted octanol–water partition coefficient (Wildman–Crippen LogP) is 2.96. The Morgan fingerprint density at radius 2 is 1.64 bits per heavy atom. The van der Waals surface area contributed by atoms with Crippen LogP contribution in [0.1, 0.15) is 51.9 Å². The second-order valence-electron chi connectivity index (χ2n) is 3.58. The quantitative estimate of drug-likeness (QED) is 0.477. The van der Waals surface area contributed by atoms with E-state index < -0.39 is 6.03 Å². The first-order valence-electron chi connectivity index (χ1n) is 5.44. The first-order valence-corrected chi connectivity index (χ1v) is 5.84. The van der Waals surface area contributed by atoms with Crippen molar-refractivity contribution in [3.05, 3.63) is 0 Å². The van der Waals surface area contributed by atoms with Crippen molar-refractivity contribution in [2.45, 2.75) is 51.9 Å². The van der Waals surface area contributed by atoms with Crippen molar-refractivity contribution in [3.63, 3.8) is 0 Å². The number of unbranched alkanes of at least 4 members (excludes halogenated alkanes) is 6. The zero-order valence-electron chi connectivity index (χ0n) is 9.04. The predicted molar refractivity (Wildman–Crippen MR) is 63.3 cm³/mol. The summed E-state index contributed by atoms with van der Waals surface area (Å²) in [5.74, 6) is 0. The zero-order chi connectivity index (χ0) is 10.8. The molecule has 0 saturated carbocycles. The van der Waals surface area contributed by atoms with Crippen LogP contribution >= 0.6 is 12.8 Å². The van der Waals surface area contributed by atoms with E-state index in [1.54, 1.807) is 0 Å². The number of primary amides is 1. The molecule has 0 saturated heterocycles. The highest BCUT2D eigenvalue weighted by Gasteiger charge is 2.02. The summed E-state index contributed by atoms with van der Waals surface area (Å²) in [6, 6.07) is -0.459. The van der Waals surface area contributed by atoms with E-state index in [0.717, 1.165) is 12.8 Å². The van der Waals surface area contributed by atoms with Crippen molar-refractivity contribution in [1.29, 1.82) is 0 Å². The summed E-state index contributed by atoms with van der Waals surface area (Å²) < 4.78 is 1.27. The topological polar surface area (TPSA) is 46.3 Å². The van der Waals surface area contributed by atoms with Gasteiger partial charge in [-0.15, -0.1) is 0 Å². The van der Waals surface area contributed by atoms with E-state index in [2.05, 4.69) is 19.7 Å². The molecule has 0 heterocycles. The number of hydrogen-bond acceptors (Lipinski definition) is 2. The lowest BCUT2D eigenvalue weighted by Gasteiger charge is -2.11. The van der Waals surface area contributed by atoms with Crippen LogP contribution in [0.15, 0.2) is 0 Å². The van der Waals surface area contributed by atoms with Crippen molar-refractivity contribution in [2.75, 3.05) is 6.54 Å². The molecule has 0 atom stereocenters. The molecule has 0 bridgehead atoms. The molecule has 2 amide bonds. The summed E-state index contributed by atoms with van der Waals surface area (Å²) in [5, 5.41) is 0. The van der Waals surface area contributed by atoms with E-state index in [1.807, 2.05) is 0 Å². The fraction of sp³-hybridized carbons (Fsp3) is 0.900. The number of nitrogens with zero attached hydrogens (tertiary/aromatic N) is 1. The van der Waals surface area contributed by atoms with Gasteiger partial charge in [-0.25, -0.2) is 4.79 Å². The van der Waals surface area contributed by atoms with Gasteiger partial charge in [0.25, 0.3) is 0 Å². The van der Waals surface area contributed by atoms with Crippen LogP contribution in [0.5, 0.6) is 0 Å². The summed E-state index contributed by atoms with van der Waals surface area (Å²) in [5.41, 5.74) is 5.03. The highest BCUT2D eigenvalue weighted by atomic mass is 32.1. The van der Waals surface area contributed by atoms with Gasteiger partial charge in [-0.2, -0.15) is 0 Å². The van der Waals surface area contributed by atoms with Gasteiger partial charge in [-0.3, -0.25) is 4.31 Å². The third-order valence-electron chi connectivity index (χ3n) is 2.23. The van der Waals surface area contributed by atoms with Crippen LogP contribution in [0.25, 0.3) is 0 Å². The molecule has 3 nitrogen and oxygen atoms in total. The molecule has 0 radical (unpaired) electrons. The Bertz CT molecular complexity index is 153. The van der Waals surface area contributed by atoms with E-state index in [4.69, 9.17) is 5.73 Å². The average Bonchev–Trinajstić information content (AvgIpc) is 2.16. The number of carbonyl (C=O) groups excluding carboxylic acids is 1. The van der Waals surface area contributed by atoms with E-state index in [-0.39, 0.29) is 0 Å². The maximum Gasteiger partial charge on any atom is 0.324 e. The number of nitrogens with two attached hydrogens (primary N) is 1. The molecule has 0 unspecified atom stereocenters. The van der Waals surface area contributed by atoms with Crippen LogP contribution in [0.2, 0.25) is 0 Å². The molecular formula is C10H22N2OS. The van der Waals surface area contributed by atoms with Gasteiger partial charge in [0, 0.05) is 6.54 Å². The van der Waals surface area contributed by atoms with E-state index >= 15 is 0 Å². The Kier molecular flexibility index (Phi) is 8.94. The third kappa shape index (κ3) is 8.23. The molecule has 0 fully saturated rings. The third-order valence-corrected chi connectivity index (χ3v) is 2.62. The first kappa shape index (κ1) is 13.6. The van der Waals surface area contributed by atoms with Gasteiger partial charge in [0.15, 0.2) is 0 Å². The minimum atomic E-state index is -0.459. The van der Waals surface area contributed by atoms with Gasteiger partial charge in [-0.1, -0.05) is 58.3 Å². The largest absolute Gasteiger partial charge is 0.351 e. The van der Waals surface area contributed by atoms with E-state index in [0.29, 0.717) is 6.54 Å². The smallest absolute Gasteiger partial charge is 0.324 e. The van der Waals surface area contributed by atoms with Crippen molar-refractivity contribution in [2.24, 2.45) is 5.73 Å². The van der Waals surface area contributed by atoms with Crippen LogP contribution in [-0.4, -0.2) is 16.9 Å². The molecule has 0 aromatic carbocycles. The molecule has 14 heavy (non-hydrogen) atoms. The van der Waals surface area contributed by atoms with Crippen LogP contribution in [0.4, 0.5) is 4.79 Å². The monoisotopic (exact) mass is 218 g/mol. The van der Waals surface area contributed by atoms with Gasteiger partial charge >= 0.3 is 6.03 Å². The zero-order valence-corrected chi connectivity index (χ0v) is 9.93. The summed E-state index contributed by atoms with van der Waals surface area (Å²) in [4.78, 5) is 10.6. The fourth-order valence-corrected chi connectivity index (χ4v) is 1.47. The maximum atomic E-state index is 10.6. The maximum absolute atomic E-state index is 10.6. The molecule has 0 aliphatic carbocycles. The molecule has 0 rings (SSSR count). The molecule has 0 aromatic rings. The molecule has 0 aliphatic rings. The number of hydrogen-bond donors (Lipinski definition) is 2. The highest BCUT2D eigenvalue weighted by Crippen LogP contribution is 2.07. The van der Waals surface area contributed by atoms with Crippen LogP contribution < -0.4 is 5.73 Å². The van der Waals surface area contributed by atoms with Crippen molar-refractivity contribution < 1.29 is 4.79 Å². The number of rotatable bonds is 8. The molecule has 4 heteroatoms. The van der Waals surface area contributed by atoms with Crippen molar-refractivity contribution in [3.8, 4) is 0 Å². The molecule has 2 N–H and O–H groups in total. The molecule has 84 valence electrons. The van der Waals surface area contributed by atoms with Gasteiger partial charge in [0.1, 0.15) is 0 Å². The lowest BCUT2D eigenvalue weighted by molar-refractivity contribution is 0.234. The summed E-state index contributed by atoms with van der Waals surface area (Å²) in [6.07, 6.45) is 8.66. The van der Waals surface area contributed by atoms with Crippen LogP contribution in [0, 0.1) is 0 Å². The normalized spacial score (nSPS) is 10.1. The molecule has 0 spiro atoms. The van der Waals surface area contributed by atoms with Crippen molar-refractivity contribution in [1.82, 2.24) is 4.31 Å². The average molecular weight is 218 g/mol. The van der Waals surface area contributed by atoms with Crippen LogP contribution in [-0.2, 0) is 0 Å². The Hall–Kier alpha value is -0.380. The Morgan fingerprint density at radius 1 is 1.14 bits per heavy atom. The lowest BCUT2D eigenvalue weighted by atomic mass is 10.1. The molecule has 0 aliphatic heterocycles. The Balaban J connectivity index is 3.09. The van der Waals surface area contributed by atoms with Gasteiger partial charge in [-0.05, 0) is 6.42 Å². The summed E-state index contributed by atoms with van der Waals surface area (Å²) >= 11 is 3.94. The minimum absolute atomic E-state index is 0.459. The van der Waals surface area contributed by atoms with Crippen molar-refractivity contribution >= 4 is 18.8 Å². The fourth-order valence-electron chi connectivity index (χ4n) is 1.33. The van der Waals surface area contributed by atoms with Gasteiger partial charge < -0.3 is 5.73 Å². The van der Waals surface area contributed by atoms with Gasteiger partial charge in [0.05, 0.1) is 0 Å². The number of amides is 2. The number of urea groups is 1. The Labute approximate surface area is 92.6 Å². The molecular weight excluding hydrogens is 196 g/mol. The summed E-state index contributed by atoms with van der Waals surface area (Å²) in [6.45, 7) is 2.87. The highest BCUT2D eigenvalue weighted by molar-refractivity contribution is 7.78. The molecule has 0 aromatic heterocycles. The van der Waals surface area contributed by atoms with E-state index in [9.17, 15) is 4.79 Å². The van der Waals surface area contributed by atoms with Crippen LogP contribution in [0.3, 0.4) is 0 Å². The SMILES string of the molecule is CCCCCCCCCN(S)C(N)=O. The first-order chi connectivity index (χ1) is 6.68. The Morgan fingerprint density at radius 3 is 2.14 bits per heavy atom. The summed E-state index contributed by atoms with van der Waals surface area (Å²) in [7, 11) is 0. The second-order valence-corrected chi connectivity index (χ2v) is 4.07. The number of carbonyl (C=O) groups is 1. The van der Waals surface area contributed by atoms with Gasteiger partial charge in [0.2, 0.25) is 0 Å². The standard InChI is InChI=1S/C10H22N2OS/c1-2-3-4-5-6-7-8-9-12(14)10(11)13/h14H,2-9H2,1H3,(H2,11,13).